The molecule has 18 heavy (non-hydrogen) atoms. The Kier molecular flexibility index (Phi) is 3.55. The molecule has 2 N–H and O–H groups in total. The second-order valence-electron chi connectivity index (χ2n) is 5.67. The maximum absolute atomic E-state index is 5.97. The highest BCUT2D eigenvalue weighted by molar-refractivity contribution is 5.45. The van der Waals surface area contributed by atoms with Gasteiger partial charge in [0.25, 0.3) is 0 Å². The molecule has 1 aliphatic heterocycles. The Morgan fingerprint density at radius 3 is 2.94 bits per heavy atom. The molecule has 1 heterocycles. The van der Waals surface area contributed by atoms with Crippen LogP contribution in [0.15, 0.2) is 18.2 Å². The highest BCUT2D eigenvalue weighted by Crippen LogP contribution is 2.43. The lowest BCUT2D eigenvalue weighted by Crippen LogP contribution is -2.26. The van der Waals surface area contributed by atoms with Crippen LogP contribution in [-0.2, 0) is 6.42 Å². The number of benzene rings is 1. The molecule has 2 aliphatic rings. The van der Waals surface area contributed by atoms with Crippen LogP contribution in [0.5, 0.6) is 5.75 Å². The van der Waals surface area contributed by atoms with Gasteiger partial charge in [-0.3, -0.25) is 0 Å². The number of rotatable bonds is 2. The molecule has 2 unspecified atom stereocenters. The molecule has 2 heteroatoms. The summed E-state index contributed by atoms with van der Waals surface area (Å²) >= 11 is 0. The number of aryl methyl sites for hydroxylation is 1. The first-order chi connectivity index (χ1) is 8.90. The normalized spacial score (nSPS) is 27.4. The van der Waals surface area contributed by atoms with E-state index in [-0.39, 0.29) is 0 Å². The predicted octanol–water partition coefficient (Wildman–Crippen LogP) is 3.24. The maximum atomic E-state index is 5.97. The van der Waals surface area contributed by atoms with Gasteiger partial charge in [0.1, 0.15) is 5.75 Å². The smallest absolute Gasteiger partial charge is 0.125 e. The quantitative estimate of drug-likeness (QED) is 0.868. The molecule has 3 rings (SSSR count). The Balaban J connectivity index is 1.95. The van der Waals surface area contributed by atoms with E-state index < -0.39 is 0 Å². The fourth-order valence-electron chi connectivity index (χ4n) is 3.61. The van der Waals surface area contributed by atoms with E-state index in [9.17, 15) is 0 Å². The summed E-state index contributed by atoms with van der Waals surface area (Å²) in [5.74, 6) is 2.46. The number of hydrogen-bond donors (Lipinski definition) is 1. The lowest BCUT2D eigenvalue weighted by Gasteiger charge is -2.33. The van der Waals surface area contributed by atoms with Crippen molar-refractivity contribution in [2.24, 2.45) is 11.7 Å². The van der Waals surface area contributed by atoms with Crippen molar-refractivity contribution < 1.29 is 4.74 Å². The molecule has 1 aromatic rings. The summed E-state index contributed by atoms with van der Waals surface area (Å²) in [6, 6.07) is 6.69. The summed E-state index contributed by atoms with van der Waals surface area (Å²) in [5.41, 5.74) is 8.80. The van der Waals surface area contributed by atoms with Crippen molar-refractivity contribution in [3.63, 3.8) is 0 Å². The molecule has 1 aromatic carbocycles. The SMILES string of the molecule is NCC1CCCCC1c1cccc2c1OCCC2. The number of hydrogen-bond acceptors (Lipinski definition) is 2. The summed E-state index contributed by atoms with van der Waals surface area (Å²) in [5, 5.41) is 0. The minimum Gasteiger partial charge on any atom is -0.493 e. The first-order valence-corrected chi connectivity index (χ1v) is 7.35. The van der Waals surface area contributed by atoms with E-state index in [0.29, 0.717) is 11.8 Å². The van der Waals surface area contributed by atoms with Crippen LogP contribution in [-0.4, -0.2) is 13.2 Å². The third-order valence-electron chi connectivity index (χ3n) is 4.58. The van der Waals surface area contributed by atoms with Crippen LogP contribution in [0.25, 0.3) is 0 Å². The van der Waals surface area contributed by atoms with Crippen molar-refractivity contribution in [3.8, 4) is 5.75 Å². The fourth-order valence-corrected chi connectivity index (χ4v) is 3.61. The number of nitrogens with two attached hydrogens (primary N) is 1. The summed E-state index contributed by atoms with van der Waals surface area (Å²) in [7, 11) is 0. The average molecular weight is 245 g/mol. The van der Waals surface area contributed by atoms with Crippen LogP contribution in [0.3, 0.4) is 0 Å². The Bertz CT molecular complexity index is 416. The molecule has 2 atom stereocenters. The highest BCUT2D eigenvalue weighted by atomic mass is 16.5. The molecule has 0 saturated heterocycles. The first kappa shape index (κ1) is 12.0. The van der Waals surface area contributed by atoms with Crippen molar-refractivity contribution in [1.82, 2.24) is 0 Å². The van der Waals surface area contributed by atoms with E-state index in [1.807, 2.05) is 0 Å². The van der Waals surface area contributed by atoms with E-state index >= 15 is 0 Å². The molecule has 0 amide bonds. The second kappa shape index (κ2) is 5.31. The molecule has 1 fully saturated rings. The van der Waals surface area contributed by atoms with Crippen molar-refractivity contribution in [2.75, 3.05) is 13.2 Å². The van der Waals surface area contributed by atoms with Crippen molar-refractivity contribution in [2.45, 2.75) is 44.4 Å². The third-order valence-corrected chi connectivity index (χ3v) is 4.58. The van der Waals surface area contributed by atoms with Gasteiger partial charge in [0.2, 0.25) is 0 Å². The number of ether oxygens (including phenoxy) is 1. The Hall–Kier alpha value is -1.02. The monoisotopic (exact) mass is 245 g/mol. The maximum Gasteiger partial charge on any atom is 0.125 e. The zero-order valence-electron chi connectivity index (χ0n) is 11.0. The van der Waals surface area contributed by atoms with E-state index in [1.54, 1.807) is 0 Å². The van der Waals surface area contributed by atoms with Gasteiger partial charge in [-0.25, -0.2) is 0 Å². The van der Waals surface area contributed by atoms with Gasteiger partial charge in [0.15, 0.2) is 0 Å². The third kappa shape index (κ3) is 2.14. The first-order valence-electron chi connectivity index (χ1n) is 7.35. The highest BCUT2D eigenvalue weighted by Gasteiger charge is 2.29. The predicted molar refractivity (Wildman–Crippen MR) is 74.0 cm³/mol. The van der Waals surface area contributed by atoms with Crippen molar-refractivity contribution in [1.29, 1.82) is 0 Å². The Labute approximate surface area is 110 Å². The van der Waals surface area contributed by atoms with Crippen molar-refractivity contribution in [3.05, 3.63) is 29.3 Å². The van der Waals surface area contributed by atoms with Gasteiger partial charge in [-0.05, 0) is 55.2 Å². The van der Waals surface area contributed by atoms with Crippen molar-refractivity contribution >= 4 is 0 Å². The lowest BCUT2D eigenvalue weighted by atomic mass is 9.74. The molecular weight excluding hydrogens is 222 g/mol. The summed E-state index contributed by atoms with van der Waals surface area (Å²) in [6.07, 6.45) is 7.57. The summed E-state index contributed by atoms with van der Waals surface area (Å²) in [6.45, 7) is 1.69. The molecule has 1 saturated carbocycles. The van der Waals surface area contributed by atoms with Gasteiger partial charge in [-0.15, -0.1) is 0 Å². The van der Waals surface area contributed by atoms with Crippen LogP contribution < -0.4 is 10.5 Å². The largest absolute Gasteiger partial charge is 0.493 e. The van der Waals surface area contributed by atoms with Gasteiger partial charge < -0.3 is 10.5 Å². The zero-order chi connectivity index (χ0) is 12.4. The number of para-hydroxylation sites is 1. The average Bonchev–Trinajstić information content (AvgIpc) is 2.46. The van der Waals surface area contributed by atoms with Gasteiger partial charge in [-0.1, -0.05) is 31.0 Å². The summed E-state index contributed by atoms with van der Waals surface area (Å²) < 4.78 is 5.96. The zero-order valence-corrected chi connectivity index (χ0v) is 11.0. The number of fused-ring (bicyclic) bond motifs is 1. The Morgan fingerprint density at radius 2 is 2.06 bits per heavy atom. The molecule has 0 spiro atoms. The fraction of sp³-hybridized carbons (Fsp3) is 0.625. The van der Waals surface area contributed by atoms with Gasteiger partial charge in [-0.2, -0.15) is 0 Å². The van der Waals surface area contributed by atoms with E-state index in [0.717, 1.165) is 19.6 Å². The molecule has 2 nitrogen and oxygen atoms in total. The van der Waals surface area contributed by atoms with E-state index in [2.05, 4.69) is 18.2 Å². The second-order valence-corrected chi connectivity index (χ2v) is 5.67. The van der Waals surface area contributed by atoms with Gasteiger partial charge in [0.05, 0.1) is 6.61 Å². The molecule has 1 aliphatic carbocycles. The molecule has 0 radical (unpaired) electrons. The van der Waals surface area contributed by atoms with Gasteiger partial charge >= 0.3 is 0 Å². The summed E-state index contributed by atoms with van der Waals surface area (Å²) in [4.78, 5) is 0. The topological polar surface area (TPSA) is 35.2 Å². The Morgan fingerprint density at radius 1 is 1.17 bits per heavy atom. The minimum atomic E-state index is 0.622. The molecule has 0 aromatic heterocycles. The van der Waals surface area contributed by atoms with Crippen LogP contribution in [0.1, 0.15) is 49.1 Å². The van der Waals surface area contributed by atoms with Gasteiger partial charge in [0, 0.05) is 0 Å². The minimum absolute atomic E-state index is 0.622. The molecule has 0 bridgehead atoms. The molecular formula is C16H23NO. The van der Waals surface area contributed by atoms with Crippen LogP contribution >= 0.6 is 0 Å². The molecule has 98 valence electrons. The lowest BCUT2D eigenvalue weighted by molar-refractivity contribution is 0.266. The van der Waals surface area contributed by atoms with Crippen LogP contribution in [0, 0.1) is 5.92 Å². The van der Waals surface area contributed by atoms with E-state index in [4.69, 9.17) is 10.5 Å². The van der Waals surface area contributed by atoms with E-state index in [1.165, 1.54) is 49.0 Å². The van der Waals surface area contributed by atoms with Crippen LogP contribution in [0.4, 0.5) is 0 Å². The standard InChI is InChI=1S/C16H23NO/c17-11-13-5-1-2-8-14(13)15-9-3-6-12-7-4-10-18-16(12)15/h3,6,9,13-14H,1-2,4-5,7-8,10-11,17H2. The van der Waals surface area contributed by atoms with Crippen LogP contribution in [0.2, 0.25) is 0 Å².